The molecule has 0 radical (unpaired) electrons. The van der Waals surface area contributed by atoms with Gasteiger partial charge in [0.25, 0.3) is 0 Å². The molecular formula is C13H16BrNO2. The number of hydrogen-bond donors (Lipinski definition) is 1. The molecule has 1 aromatic rings. The summed E-state index contributed by atoms with van der Waals surface area (Å²) in [6.07, 6.45) is 0.829. The van der Waals surface area contributed by atoms with Gasteiger partial charge in [0.15, 0.2) is 0 Å². The Labute approximate surface area is 110 Å². The van der Waals surface area contributed by atoms with E-state index in [9.17, 15) is 5.11 Å². The van der Waals surface area contributed by atoms with Crippen molar-refractivity contribution in [3.05, 3.63) is 28.2 Å². The van der Waals surface area contributed by atoms with Crippen LogP contribution in [0.5, 0.6) is 5.75 Å². The van der Waals surface area contributed by atoms with Gasteiger partial charge in [0.05, 0.1) is 29.7 Å². The molecule has 17 heavy (non-hydrogen) atoms. The molecule has 0 aromatic heterocycles. The first-order valence-electron chi connectivity index (χ1n) is 5.55. The third-order valence-electron chi connectivity index (χ3n) is 2.66. The van der Waals surface area contributed by atoms with Crippen LogP contribution in [0.25, 0.3) is 0 Å². The topological polar surface area (TPSA) is 53.2 Å². The van der Waals surface area contributed by atoms with E-state index in [1.807, 2.05) is 6.92 Å². The second-order valence-electron chi connectivity index (χ2n) is 3.86. The summed E-state index contributed by atoms with van der Waals surface area (Å²) in [4.78, 5) is 0. The van der Waals surface area contributed by atoms with Crippen LogP contribution in [0.3, 0.4) is 0 Å². The van der Waals surface area contributed by atoms with Crippen molar-refractivity contribution in [1.82, 2.24) is 0 Å². The Morgan fingerprint density at radius 2 is 2.24 bits per heavy atom. The Hall–Kier alpha value is -1.05. The summed E-state index contributed by atoms with van der Waals surface area (Å²) in [5, 5.41) is 19.1. The first-order chi connectivity index (χ1) is 8.13. The van der Waals surface area contributed by atoms with Crippen molar-refractivity contribution in [2.75, 3.05) is 7.11 Å². The van der Waals surface area contributed by atoms with Gasteiger partial charge in [-0.05, 0) is 40.0 Å². The van der Waals surface area contributed by atoms with Gasteiger partial charge >= 0.3 is 0 Å². The second-order valence-corrected chi connectivity index (χ2v) is 4.72. The average Bonchev–Trinajstić information content (AvgIpc) is 2.35. The van der Waals surface area contributed by atoms with Crippen LogP contribution in [0.15, 0.2) is 22.7 Å². The molecule has 4 heteroatoms. The number of nitriles is 1. The van der Waals surface area contributed by atoms with E-state index in [0.717, 1.165) is 16.5 Å². The third kappa shape index (κ3) is 3.45. The standard InChI is InChI=1S/C13H16BrNO2/c1-3-4-10(8-15)13(16)9-5-6-12(17-2)11(14)7-9/h5-7,10,13,16H,3-4H2,1-2H3. The molecule has 2 atom stereocenters. The molecule has 0 aliphatic rings. The smallest absolute Gasteiger partial charge is 0.133 e. The summed E-state index contributed by atoms with van der Waals surface area (Å²) in [6, 6.07) is 7.51. The molecule has 3 nitrogen and oxygen atoms in total. The minimum atomic E-state index is -0.748. The Balaban J connectivity index is 2.92. The normalized spacial score (nSPS) is 13.8. The molecule has 0 spiro atoms. The van der Waals surface area contributed by atoms with Crippen LogP contribution in [0.1, 0.15) is 31.4 Å². The third-order valence-corrected chi connectivity index (χ3v) is 3.28. The van der Waals surface area contributed by atoms with E-state index >= 15 is 0 Å². The number of aliphatic hydroxyl groups excluding tert-OH is 1. The van der Waals surface area contributed by atoms with E-state index in [2.05, 4.69) is 22.0 Å². The summed E-state index contributed by atoms with van der Waals surface area (Å²) >= 11 is 3.37. The van der Waals surface area contributed by atoms with Crippen LogP contribution in [0, 0.1) is 17.2 Å². The Morgan fingerprint density at radius 3 is 2.71 bits per heavy atom. The number of halogens is 1. The monoisotopic (exact) mass is 297 g/mol. The lowest BCUT2D eigenvalue weighted by atomic mass is 9.93. The summed E-state index contributed by atoms with van der Waals surface area (Å²) in [6.45, 7) is 2.00. The lowest BCUT2D eigenvalue weighted by Crippen LogP contribution is -2.10. The van der Waals surface area contributed by atoms with Crippen LogP contribution in [0.4, 0.5) is 0 Å². The molecule has 1 aromatic carbocycles. The number of rotatable bonds is 5. The first-order valence-corrected chi connectivity index (χ1v) is 6.34. The molecule has 92 valence electrons. The highest BCUT2D eigenvalue weighted by atomic mass is 79.9. The number of hydrogen-bond acceptors (Lipinski definition) is 3. The predicted molar refractivity (Wildman–Crippen MR) is 69.7 cm³/mol. The summed E-state index contributed by atoms with van der Waals surface area (Å²) in [5.41, 5.74) is 0.734. The zero-order valence-electron chi connectivity index (χ0n) is 9.98. The van der Waals surface area contributed by atoms with E-state index in [4.69, 9.17) is 10.00 Å². The fourth-order valence-corrected chi connectivity index (χ4v) is 2.26. The van der Waals surface area contributed by atoms with E-state index in [1.54, 1.807) is 25.3 Å². The molecule has 1 N–H and O–H groups in total. The highest BCUT2D eigenvalue weighted by molar-refractivity contribution is 9.10. The van der Waals surface area contributed by atoms with Gasteiger partial charge in [-0.1, -0.05) is 19.4 Å². The summed E-state index contributed by atoms with van der Waals surface area (Å²) in [5.74, 6) is 0.352. The van der Waals surface area contributed by atoms with Gasteiger partial charge in [-0.25, -0.2) is 0 Å². The van der Waals surface area contributed by atoms with Crippen LogP contribution in [0.2, 0.25) is 0 Å². The van der Waals surface area contributed by atoms with Crippen LogP contribution >= 0.6 is 15.9 Å². The van der Waals surface area contributed by atoms with E-state index in [-0.39, 0.29) is 5.92 Å². The van der Waals surface area contributed by atoms with Gasteiger partial charge in [-0.2, -0.15) is 5.26 Å². The number of benzene rings is 1. The zero-order chi connectivity index (χ0) is 12.8. The van der Waals surface area contributed by atoms with Crippen molar-refractivity contribution in [2.45, 2.75) is 25.9 Å². The summed E-state index contributed by atoms with van der Waals surface area (Å²) in [7, 11) is 1.59. The SMILES string of the molecule is CCCC(C#N)C(O)c1ccc(OC)c(Br)c1. The molecule has 0 saturated heterocycles. The van der Waals surface area contributed by atoms with Crippen LogP contribution < -0.4 is 4.74 Å². The molecule has 0 heterocycles. The second kappa shape index (κ2) is 6.63. The molecular weight excluding hydrogens is 282 g/mol. The van der Waals surface area contributed by atoms with Gasteiger partial charge in [0.2, 0.25) is 0 Å². The van der Waals surface area contributed by atoms with Crippen molar-refractivity contribution in [3.63, 3.8) is 0 Å². The van der Waals surface area contributed by atoms with Crippen molar-refractivity contribution >= 4 is 15.9 Å². The quantitative estimate of drug-likeness (QED) is 0.906. The van der Waals surface area contributed by atoms with Crippen molar-refractivity contribution in [3.8, 4) is 11.8 Å². The number of ether oxygens (including phenoxy) is 1. The molecule has 2 unspecified atom stereocenters. The summed E-state index contributed by atoms with van der Waals surface area (Å²) < 4.78 is 5.90. The number of nitrogens with zero attached hydrogens (tertiary/aromatic N) is 1. The Kier molecular flexibility index (Phi) is 5.46. The average molecular weight is 298 g/mol. The molecule has 0 aliphatic carbocycles. The number of methoxy groups -OCH3 is 1. The van der Waals surface area contributed by atoms with Gasteiger partial charge in [0, 0.05) is 0 Å². The first kappa shape index (κ1) is 14.0. The van der Waals surface area contributed by atoms with Gasteiger partial charge in [-0.15, -0.1) is 0 Å². The highest BCUT2D eigenvalue weighted by Gasteiger charge is 2.20. The van der Waals surface area contributed by atoms with Gasteiger partial charge < -0.3 is 9.84 Å². The van der Waals surface area contributed by atoms with Crippen molar-refractivity contribution in [2.24, 2.45) is 5.92 Å². The lowest BCUT2D eigenvalue weighted by molar-refractivity contribution is 0.130. The molecule has 0 amide bonds. The lowest BCUT2D eigenvalue weighted by Gasteiger charge is -2.17. The molecule has 0 saturated carbocycles. The van der Waals surface area contributed by atoms with Crippen LogP contribution in [-0.4, -0.2) is 12.2 Å². The fourth-order valence-electron chi connectivity index (χ4n) is 1.70. The van der Waals surface area contributed by atoms with Gasteiger partial charge in [0.1, 0.15) is 5.75 Å². The van der Waals surface area contributed by atoms with Gasteiger partial charge in [-0.3, -0.25) is 0 Å². The van der Waals surface area contributed by atoms with Crippen molar-refractivity contribution < 1.29 is 9.84 Å². The van der Waals surface area contributed by atoms with E-state index in [0.29, 0.717) is 12.2 Å². The zero-order valence-corrected chi connectivity index (χ0v) is 11.6. The maximum atomic E-state index is 10.1. The highest BCUT2D eigenvalue weighted by Crippen LogP contribution is 2.31. The van der Waals surface area contributed by atoms with E-state index < -0.39 is 6.10 Å². The molecule has 0 fully saturated rings. The Bertz CT molecular complexity index is 414. The minimum absolute atomic E-state index is 0.361. The van der Waals surface area contributed by atoms with E-state index in [1.165, 1.54) is 0 Å². The minimum Gasteiger partial charge on any atom is -0.496 e. The number of aliphatic hydroxyl groups is 1. The molecule has 0 aliphatic heterocycles. The van der Waals surface area contributed by atoms with Crippen molar-refractivity contribution in [1.29, 1.82) is 5.26 Å². The molecule has 0 bridgehead atoms. The van der Waals surface area contributed by atoms with Crippen LogP contribution in [-0.2, 0) is 0 Å². The molecule has 1 rings (SSSR count). The largest absolute Gasteiger partial charge is 0.496 e. The Morgan fingerprint density at radius 1 is 1.53 bits per heavy atom. The fraction of sp³-hybridized carbons (Fsp3) is 0.462. The maximum absolute atomic E-state index is 10.1. The maximum Gasteiger partial charge on any atom is 0.133 e. The predicted octanol–water partition coefficient (Wildman–Crippen LogP) is 3.43.